The Morgan fingerprint density at radius 3 is 2.88 bits per heavy atom. The lowest BCUT2D eigenvalue weighted by Crippen LogP contribution is -2.04. The molecule has 17 heavy (non-hydrogen) atoms. The number of carbonyl (C=O) groups is 1. The number of nitro benzene ring substituents is 1. The zero-order chi connectivity index (χ0) is 12.4. The molecule has 0 radical (unpaired) electrons. The first-order chi connectivity index (χ1) is 8.08. The average molecular weight is 234 g/mol. The van der Waals surface area contributed by atoms with Gasteiger partial charge < -0.3 is 9.30 Å². The highest BCUT2D eigenvalue weighted by Crippen LogP contribution is 2.21. The van der Waals surface area contributed by atoms with E-state index in [2.05, 4.69) is 0 Å². The molecule has 0 saturated heterocycles. The van der Waals surface area contributed by atoms with Gasteiger partial charge in [0.05, 0.1) is 10.4 Å². The van der Waals surface area contributed by atoms with Gasteiger partial charge in [-0.2, -0.15) is 0 Å². The Kier molecular flexibility index (Phi) is 2.78. The molecule has 6 heteroatoms. The molecule has 2 aromatic rings. The van der Waals surface area contributed by atoms with E-state index in [-0.39, 0.29) is 18.4 Å². The molecule has 0 atom stereocenters. The van der Waals surface area contributed by atoms with Crippen molar-refractivity contribution < 1.29 is 14.5 Å². The number of rotatable bonds is 3. The second kappa shape index (κ2) is 4.25. The van der Waals surface area contributed by atoms with Crippen LogP contribution in [-0.4, -0.2) is 15.5 Å². The van der Waals surface area contributed by atoms with Crippen molar-refractivity contribution in [1.29, 1.82) is 0 Å². The van der Waals surface area contributed by atoms with Gasteiger partial charge in [0, 0.05) is 30.6 Å². The van der Waals surface area contributed by atoms with Gasteiger partial charge in [-0.05, 0) is 12.1 Å². The van der Waals surface area contributed by atoms with E-state index < -0.39 is 4.92 Å². The first kappa shape index (κ1) is 11.1. The molecule has 0 spiro atoms. The van der Waals surface area contributed by atoms with Gasteiger partial charge in [0.2, 0.25) is 0 Å². The van der Waals surface area contributed by atoms with Gasteiger partial charge in [0.15, 0.2) is 6.73 Å². The highest BCUT2D eigenvalue weighted by atomic mass is 16.6. The van der Waals surface area contributed by atoms with Crippen LogP contribution in [-0.2, 0) is 16.3 Å². The van der Waals surface area contributed by atoms with Crippen molar-refractivity contribution in [2.24, 2.45) is 0 Å². The molecule has 6 nitrogen and oxygen atoms in total. The van der Waals surface area contributed by atoms with Crippen molar-refractivity contribution in [3.8, 4) is 0 Å². The molecular weight excluding hydrogens is 224 g/mol. The monoisotopic (exact) mass is 234 g/mol. The minimum Gasteiger partial charge on any atom is -0.444 e. The second-order valence-corrected chi connectivity index (χ2v) is 3.55. The van der Waals surface area contributed by atoms with Gasteiger partial charge in [0.1, 0.15) is 0 Å². The smallest absolute Gasteiger partial charge is 0.304 e. The first-order valence-corrected chi connectivity index (χ1v) is 4.94. The van der Waals surface area contributed by atoms with Gasteiger partial charge in [0.25, 0.3) is 5.69 Å². The summed E-state index contributed by atoms with van der Waals surface area (Å²) >= 11 is 0. The van der Waals surface area contributed by atoms with Crippen molar-refractivity contribution in [1.82, 2.24) is 4.57 Å². The maximum Gasteiger partial charge on any atom is 0.304 e. The number of ether oxygens (including phenoxy) is 1. The number of nitro groups is 1. The van der Waals surface area contributed by atoms with E-state index in [4.69, 9.17) is 4.74 Å². The summed E-state index contributed by atoms with van der Waals surface area (Å²) in [6, 6.07) is 6.29. The zero-order valence-electron chi connectivity index (χ0n) is 9.12. The van der Waals surface area contributed by atoms with Crippen LogP contribution < -0.4 is 0 Å². The predicted octanol–water partition coefficient (Wildman–Crippen LogP) is 2.07. The van der Waals surface area contributed by atoms with Gasteiger partial charge in [-0.15, -0.1) is 0 Å². The summed E-state index contributed by atoms with van der Waals surface area (Å²) in [4.78, 5) is 20.8. The summed E-state index contributed by atoms with van der Waals surface area (Å²) < 4.78 is 6.57. The number of non-ortho nitro benzene ring substituents is 1. The summed E-state index contributed by atoms with van der Waals surface area (Å²) in [7, 11) is 0. The van der Waals surface area contributed by atoms with E-state index in [1.165, 1.54) is 19.1 Å². The first-order valence-electron chi connectivity index (χ1n) is 4.94. The van der Waals surface area contributed by atoms with Crippen molar-refractivity contribution in [2.45, 2.75) is 13.7 Å². The fourth-order valence-corrected chi connectivity index (χ4v) is 1.57. The molecule has 0 aliphatic carbocycles. The lowest BCUT2D eigenvalue weighted by atomic mass is 10.2. The number of hydrogen-bond acceptors (Lipinski definition) is 4. The summed E-state index contributed by atoms with van der Waals surface area (Å²) in [5.41, 5.74) is 0.833. The molecule has 0 bridgehead atoms. The van der Waals surface area contributed by atoms with Crippen LogP contribution >= 0.6 is 0 Å². The Morgan fingerprint density at radius 2 is 2.24 bits per heavy atom. The van der Waals surface area contributed by atoms with Crippen LogP contribution in [0.2, 0.25) is 0 Å². The van der Waals surface area contributed by atoms with Crippen LogP contribution in [0.15, 0.2) is 30.5 Å². The predicted molar refractivity (Wildman–Crippen MR) is 60.4 cm³/mol. The summed E-state index contributed by atoms with van der Waals surface area (Å²) in [6.45, 7) is 1.44. The largest absolute Gasteiger partial charge is 0.444 e. The molecule has 1 heterocycles. The third-order valence-corrected chi connectivity index (χ3v) is 2.37. The Balaban J connectivity index is 2.34. The van der Waals surface area contributed by atoms with Gasteiger partial charge >= 0.3 is 5.97 Å². The standard InChI is InChI=1S/C11H10N2O4/c1-8(14)17-7-12-5-4-9-6-10(13(15)16)2-3-11(9)12/h2-6H,7H2,1H3. The highest BCUT2D eigenvalue weighted by Gasteiger charge is 2.08. The molecule has 0 aliphatic heterocycles. The van der Waals surface area contributed by atoms with E-state index in [0.29, 0.717) is 0 Å². The van der Waals surface area contributed by atoms with Gasteiger partial charge in [-0.3, -0.25) is 14.9 Å². The number of esters is 1. The lowest BCUT2D eigenvalue weighted by molar-refractivity contribution is -0.384. The molecule has 88 valence electrons. The molecule has 0 unspecified atom stereocenters. The topological polar surface area (TPSA) is 74.4 Å². The SMILES string of the molecule is CC(=O)OCn1ccc2cc([N+](=O)[O-])ccc21. The number of aromatic nitrogens is 1. The Hall–Kier alpha value is -2.37. The quantitative estimate of drug-likeness (QED) is 0.463. The maximum atomic E-state index is 10.7. The molecule has 1 aromatic carbocycles. The minimum absolute atomic E-state index is 0.0442. The molecule has 1 aromatic heterocycles. The number of benzene rings is 1. The second-order valence-electron chi connectivity index (χ2n) is 3.55. The number of fused-ring (bicyclic) bond motifs is 1. The molecule has 0 saturated carbocycles. The van der Waals surface area contributed by atoms with Crippen LogP contribution in [0.25, 0.3) is 10.9 Å². The molecule has 0 N–H and O–H groups in total. The average Bonchev–Trinajstić information content (AvgIpc) is 2.68. The Bertz CT molecular complexity index is 588. The van der Waals surface area contributed by atoms with Crippen LogP contribution in [0.4, 0.5) is 5.69 Å². The third-order valence-electron chi connectivity index (χ3n) is 2.37. The van der Waals surface area contributed by atoms with Gasteiger partial charge in [-0.1, -0.05) is 0 Å². The lowest BCUT2D eigenvalue weighted by Gasteiger charge is -2.04. The molecule has 0 fully saturated rings. The Morgan fingerprint density at radius 1 is 1.47 bits per heavy atom. The minimum atomic E-state index is -0.442. The zero-order valence-corrected chi connectivity index (χ0v) is 9.12. The highest BCUT2D eigenvalue weighted by molar-refractivity contribution is 5.82. The van der Waals surface area contributed by atoms with Crippen LogP contribution in [0, 0.1) is 10.1 Å². The van der Waals surface area contributed by atoms with E-state index >= 15 is 0 Å². The van der Waals surface area contributed by atoms with E-state index in [9.17, 15) is 14.9 Å². The van der Waals surface area contributed by atoms with E-state index in [0.717, 1.165) is 10.9 Å². The van der Waals surface area contributed by atoms with Crippen molar-refractivity contribution in [2.75, 3.05) is 0 Å². The Labute approximate surface area is 96.6 Å². The molecular formula is C11H10N2O4. The van der Waals surface area contributed by atoms with Crippen molar-refractivity contribution >= 4 is 22.6 Å². The number of carbonyl (C=O) groups excluding carboxylic acids is 1. The summed E-state index contributed by atoms with van der Waals surface area (Å²) in [5.74, 6) is -0.367. The summed E-state index contributed by atoms with van der Waals surface area (Å²) in [5, 5.41) is 11.3. The van der Waals surface area contributed by atoms with Crippen molar-refractivity contribution in [3.05, 3.63) is 40.6 Å². The number of hydrogen-bond donors (Lipinski definition) is 0. The van der Waals surface area contributed by atoms with E-state index in [1.54, 1.807) is 22.9 Å². The van der Waals surface area contributed by atoms with Gasteiger partial charge in [-0.25, -0.2) is 0 Å². The van der Waals surface area contributed by atoms with Crippen LogP contribution in [0.5, 0.6) is 0 Å². The van der Waals surface area contributed by atoms with Crippen molar-refractivity contribution in [3.63, 3.8) is 0 Å². The fourth-order valence-electron chi connectivity index (χ4n) is 1.57. The normalized spacial score (nSPS) is 10.4. The maximum absolute atomic E-state index is 10.7. The summed E-state index contributed by atoms with van der Waals surface area (Å²) in [6.07, 6.45) is 1.72. The van der Waals surface area contributed by atoms with Crippen LogP contribution in [0.3, 0.4) is 0 Å². The van der Waals surface area contributed by atoms with E-state index in [1.807, 2.05) is 0 Å². The molecule has 0 aliphatic rings. The third kappa shape index (κ3) is 2.25. The fraction of sp³-hybridized carbons (Fsp3) is 0.182. The van der Waals surface area contributed by atoms with Crippen LogP contribution in [0.1, 0.15) is 6.92 Å². The molecule has 0 amide bonds. The molecule has 2 rings (SSSR count). The number of nitrogens with zero attached hydrogens (tertiary/aromatic N) is 2.